The number of hydrogen-bond acceptors (Lipinski definition) is 8. The molecule has 0 radical (unpaired) electrons. The molecule has 44 heavy (non-hydrogen) atoms. The Morgan fingerprint density at radius 3 is 2.68 bits per heavy atom. The normalized spacial score (nSPS) is 20.8. The molecule has 9 heteroatoms. The molecule has 0 bridgehead atoms. The monoisotopic (exact) mass is 598 g/mol. The highest BCUT2D eigenvalue weighted by Crippen LogP contribution is 2.58. The number of ether oxygens (including phenoxy) is 3. The standard InChI is InChI=1S/C35H42N4O5/c1-6-42-31(40)35-15-18-38(21-26(35)19-35)32-36-16-13-29(37-32)28-9-7-8-10-30(28)43-22-25-12-11-24-20-39(17-14-27(24)23(25)2)33(41)44-34(3,4)5/h7-13,16,26H,6,14-15,17-22H2,1-5H3/t26-,35+/m0/s1. The van der Waals surface area contributed by atoms with Gasteiger partial charge in [-0.3, -0.25) is 4.79 Å². The van der Waals surface area contributed by atoms with E-state index in [0.29, 0.717) is 38.2 Å². The molecular weight excluding hydrogens is 556 g/mol. The summed E-state index contributed by atoms with van der Waals surface area (Å²) in [5.74, 6) is 1.67. The Balaban J connectivity index is 1.13. The lowest BCUT2D eigenvalue weighted by Crippen LogP contribution is -2.40. The topological polar surface area (TPSA) is 94.1 Å². The van der Waals surface area contributed by atoms with Crippen LogP contribution in [0.2, 0.25) is 0 Å². The second-order valence-electron chi connectivity index (χ2n) is 13.1. The number of fused-ring (bicyclic) bond motifs is 2. The van der Waals surface area contributed by atoms with E-state index in [-0.39, 0.29) is 17.5 Å². The molecular formula is C35H42N4O5. The van der Waals surface area contributed by atoms with Crippen LogP contribution >= 0.6 is 0 Å². The van der Waals surface area contributed by atoms with Gasteiger partial charge in [0.15, 0.2) is 0 Å². The fourth-order valence-corrected chi connectivity index (χ4v) is 6.56. The maximum Gasteiger partial charge on any atom is 0.410 e. The number of piperidine rings is 1. The first-order valence-electron chi connectivity index (χ1n) is 15.6. The van der Waals surface area contributed by atoms with E-state index in [0.717, 1.165) is 60.5 Å². The van der Waals surface area contributed by atoms with Crippen LogP contribution in [0.15, 0.2) is 48.7 Å². The van der Waals surface area contributed by atoms with Crippen LogP contribution in [0.3, 0.4) is 0 Å². The van der Waals surface area contributed by atoms with Gasteiger partial charge < -0.3 is 24.0 Å². The highest BCUT2D eigenvalue weighted by Gasteiger charge is 2.63. The van der Waals surface area contributed by atoms with E-state index in [9.17, 15) is 9.59 Å². The Kier molecular flexibility index (Phi) is 7.99. The van der Waals surface area contributed by atoms with E-state index in [2.05, 4.69) is 28.9 Å². The summed E-state index contributed by atoms with van der Waals surface area (Å²) in [5.41, 5.74) is 5.65. The molecule has 3 aliphatic rings. The molecule has 2 fully saturated rings. The summed E-state index contributed by atoms with van der Waals surface area (Å²) in [6, 6.07) is 14.1. The first-order chi connectivity index (χ1) is 21.1. The third-order valence-electron chi connectivity index (χ3n) is 9.11. The Morgan fingerprint density at radius 1 is 1.09 bits per heavy atom. The van der Waals surface area contributed by atoms with E-state index in [1.165, 1.54) is 11.1 Å². The molecule has 1 saturated heterocycles. The van der Waals surface area contributed by atoms with Gasteiger partial charge in [0, 0.05) is 37.9 Å². The van der Waals surface area contributed by atoms with Gasteiger partial charge in [0.1, 0.15) is 18.0 Å². The van der Waals surface area contributed by atoms with E-state index in [1.807, 2.05) is 58.0 Å². The van der Waals surface area contributed by atoms with Crippen molar-refractivity contribution in [2.24, 2.45) is 11.3 Å². The van der Waals surface area contributed by atoms with Gasteiger partial charge in [-0.15, -0.1) is 0 Å². The molecule has 0 spiro atoms. The Hall–Kier alpha value is -4.14. The summed E-state index contributed by atoms with van der Waals surface area (Å²) in [5, 5.41) is 0. The Morgan fingerprint density at radius 2 is 1.91 bits per heavy atom. The second kappa shape index (κ2) is 11.7. The zero-order valence-electron chi connectivity index (χ0n) is 26.4. The molecule has 3 aromatic rings. The van der Waals surface area contributed by atoms with E-state index in [4.69, 9.17) is 19.2 Å². The molecule has 232 valence electrons. The van der Waals surface area contributed by atoms with Crippen LogP contribution in [0.4, 0.5) is 10.7 Å². The van der Waals surface area contributed by atoms with Gasteiger partial charge in [-0.2, -0.15) is 0 Å². The Labute approximate surface area is 259 Å². The lowest BCUT2D eigenvalue weighted by atomic mass is 9.92. The van der Waals surface area contributed by atoms with Gasteiger partial charge in [-0.25, -0.2) is 14.8 Å². The smallest absolute Gasteiger partial charge is 0.410 e. The first kappa shape index (κ1) is 29.9. The summed E-state index contributed by atoms with van der Waals surface area (Å²) in [6.45, 7) is 13.2. The Bertz CT molecular complexity index is 1570. The van der Waals surface area contributed by atoms with Crippen LogP contribution in [0.1, 0.15) is 62.8 Å². The summed E-state index contributed by atoms with van der Waals surface area (Å²) in [4.78, 5) is 38.6. The van der Waals surface area contributed by atoms with Crippen LogP contribution in [0.25, 0.3) is 11.3 Å². The van der Waals surface area contributed by atoms with Crippen LogP contribution in [-0.2, 0) is 33.8 Å². The molecule has 1 aromatic heterocycles. The molecule has 1 aliphatic carbocycles. The van der Waals surface area contributed by atoms with Crippen LogP contribution < -0.4 is 9.64 Å². The number of hydrogen-bond donors (Lipinski definition) is 0. The number of para-hydroxylation sites is 1. The maximum atomic E-state index is 12.6. The molecule has 2 aromatic carbocycles. The maximum absolute atomic E-state index is 12.6. The van der Waals surface area contributed by atoms with Crippen molar-refractivity contribution in [3.63, 3.8) is 0 Å². The molecule has 2 aliphatic heterocycles. The first-order valence-corrected chi connectivity index (χ1v) is 15.6. The van der Waals surface area contributed by atoms with Crippen molar-refractivity contribution in [2.75, 3.05) is 31.1 Å². The lowest BCUT2D eigenvalue weighted by molar-refractivity contribution is -0.150. The fraction of sp³-hybridized carbons (Fsp3) is 0.486. The molecule has 3 heterocycles. The summed E-state index contributed by atoms with van der Waals surface area (Å²) >= 11 is 0. The molecule has 0 unspecified atom stereocenters. The third kappa shape index (κ3) is 5.97. The van der Waals surface area contributed by atoms with Crippen molar-refractivity contribution in [3.8, 4) is 17.0 Å². The average Bonchev–Trinajstić information content (AvgIpc) is 3.76. The zero-order chi connectivity index (χ0) is 31.1. The number of esters is 1. The van der Waals surface area contributed by atoms with Gasteiger partial charge in [0.05, 0.1) is 17.7 Å². The number of carbonyl (C=O) groups is 2. The van der Waals surface area contributed by atoms with Crippen molar-refractivity contribution < 1.29 is 23.8 Å². The van der Waals surface area contributed by atoms with Crippen LogP contribution in [-0.4, -0.2) is 58.8 Å². The molecule has 1 saturated carbocycles. The summed E-state index contributed by atoms with van der Waals surface area (Å²) in [6.07, 6.45) is 3.96. The van der Waals surface area contributed by atoms with Crippen LogP contribution in [0.5, 0.6) is 5.75 Å². The van der Waals surface area contributed by atoms with Gasteiger partial charge in [0.25, 0.3) is 0 Å². The van der Waals surface area contributed by atoms with Crippen molar-refractivity contribution in [1.82, 2.24) is 14.9 Å². The highest BCUT2D eigenvalue weighted by atomic mass is 16.6. The molecule has 2 atom stereocenters. The minimum absolute atomic E-state index is 0.0534. The van der Waals surface area contributed by atoms with E-state index in [1.54, 1.807) is 11.1 Å². The number of carbonyl (C=O) groups excluding carboxylic acids is 2. The van der Waals surface area contributed by atoms with Crippen molar-refractivity contribution in [1.29, 1.82) is 0 Å². The van der Waals surface area contributed by atoms with Crippen molar-refractivity contribution in [3.05, 3.63) is 70.9 Å². The number of amides is 1. The molecule has 6 rings (SSSR count). The predicted octanol–water partition coefficient (Wildman–Crippen LogP) is 6.10. The molecule has 9 nitrogen and oxygen atoms in total. The molecule has 1 amide bonds. The van der Waals surface area contributed by atoms with Gasteiger partial charge >= 0.3 is 12.1 Å². The third-order valence-corrected chi connectivity index (χ3v) is 9.11. The van der Waals surface area contributed by atoms with Crippen molar-refractivity contribution in [2.45, 2.75) is 72.6 Å². The largest absolute Gasteiger partial charge is 0.488 e. The van der Waals surface area contributed by atoms with Crippen LogP contribution in [0, 0.1) is 18.3 Å². The predicted molar refractivity (Wildman–Crippen MR) is 167 cm³/mol. The van der Waals surface area contributed by atoms with Gasteiger partial charge in [0.2, 0.25) is 5.95 Å². The SMILES string of the molecule is CCOC(=O)[C@@]12CCN(c3nccc(-c4ccccc4OCc4ccc5c(c4C)CCN(C(=O)OC(C)(C)C)C5)n3)C[C@@H]1C2. The highest BCUT2D eigenvalue weighted by molar-refractivity contribution is 5.81. The minimum Gasteiger partial charge on any atom is -0.488 e. The lowest BCUT2D eigenvalue weighted by Gasteiger charge is -2.32. The van der Waals surface area contributed by atoms with Gasteiger partial charge in [-0.05, 0) is 100 Å². The summed E-state index contributed by atoms with van der Waals surface area (Å²) < 4.78 is 17.4. The quantitative estimate of drug-likeness (QED) is 0.301. The fourth-order valence-electron chi connectivity index (χ4n) is 6.56. The minimum atomic E-state index is -0.513. The van der Waals surface area contributed by atoms with E-state index >= 15 is 0 Å². The summed E-state index contributed by atoms with van der Waals surface area (Å²) in [7, 11) is 0. The molecule has 0 N–H and O–H groups in total. The number of anilines is 1. The number of benzene rings is 2. The number of nitrogens with zero attached hydrogens (tertiary/aromatic N) is 4. The average molecular weight is 599 g/mol. The number of rotatable bonds is 7. The van der Waals surface area contributed by atoms with Crippen molar-refractivity contribution >= 4 is 18.0 Å². The zero-order valence-corrected chi connectivity index (χ0v) is 26.4. The van der Waals surface area contributed by atoms with Gasteiger partial charge in [-0.1, -0.05) is 24.3 Å². The second-order valence-corrected chi connectivity index (χ2v) is 13.1. The van der Waals surface area contributed by atoms with E-state index < -0.39 is 5.60 Å². The number of aromatic nitrogens is 2.